The molecule has 1 atom stereocenters. The first kappa shape index (κ1) is 20.7. The minimum atomic E-state index is 0. The molecule has 0 radical (unpaired) electrons. The van der Waals surface area contributed by atoms with E-state index in [-0.39, 0.29) is 24.0 Å². The minimum absolute atomic E-state index is 0. The van der Waals surface area contributed by atoms with Crippen molar-refractivity contribution in [2.75, 3.05) is 38.1 Å². The molecule has 2 aliphatic rings. The number of likely N-dealkylation sites (tertiary alicyclic amines) is 1. The summed E-state index contributed by atoms with van der Waals surface area (Å²) in [6.07, 6.45) is 5.62. The molecule has 148 valence electrons. The van der Waals surface area contributed by atoms with Crippen molar-refractivity contribution in [3.05, 3.63) is 77.9 Å². The van der Waals surface area contributed by atoms with Crippen LogP contribution in [-0.4, -0.2) is 44.1 Å². The maximum Gasteiger partial charge on any atom is 0.193 e. The molecule has 4 nitrogen and oxygen atoms in total. The van der Waals surface area contributed by atoms with E-state index in [4.69, 9.17) is 0 Å². The quantitative estimate of drug-likeness (QED) is 0.302. The Hall–Kier alpha value is -2.02. The summed E-state index contributed by atoms with van der Waals surface area (Å²) in [5, 5.41) is 3.54. The van der Waals surface area contributed by atoms with E-state index in [1.54, 1.807) is 0 Å². The largest absolute Gasteiger partial charge is 0.364 e. The van der Waals surface area contributed by atoms with E-state index in [1.165, 1.54) is 23.2 Å². The summed E-state index contributed by atoms with van der Waals surface area (Å²) < 4.78 is 0. The van der Waals surface area contributed by atoms with Crippen molar-refractivity contribution in [3.8, 4) is 0 Å². The molecule has 0 saturated carbocycles. The number of hydrogen-bond donors (Lipinski definition) is 1. The van der Waals surface area contributed by atoms with Crippen molar-refractivity contribution in [2.24, 2.45) is 4.99 Å². The molecule has 2 aromatic carbocycles. The van der Waals surface area contributed by atoms with Crippen LogP contribution in [0.4, 0.5) is 5.69 Å². The first-order chi connectivity index (χ1) is 13.3. The summed E-state index contributed by atoms with van der Waals surface area (Å²) in [4.78, 5) is 9.25. The summed E-state index contributed by atoms with van der Waals surface area (Å²) in [5.74, 6) is 1.60. The third-order valence-corrected chi connectivity index (χ3v) is 5.54. The van der Waals surface area contributed by atoms with Crippen LogP contribution in [0.2, 0.25) is 0 Å². The van der Waals surface area contributed by atoms with Gasteiger partial charge in [0, 0.05) is 51.4 Å². The van der Waals surface area contributed by atoms with Gasteiger partial charge in [0.05, 0.1) is 0 Å². The van der Waals surface area contributed by atoms with Crippen LogP contribution in [0, 0.1) is 0 Å². The second-order valence-corrected chi connectivity index (χ2v) is 7.29. The SMILES string of the molecule is CN=C(NCc1ccc(N2CC=CC2)cc1)N1CCC(c2ccccc2)C1.I. The van der Waals surface area contributed by atoms with Gasteiger partial charge in [-0.05, 0) is 29.7 Å². The Kier molecular flexibility index (Phi) is 7.36. The van der Waals surface area contributed by atoms with E-state index in [0.717, 1.165) is 38.7 Å². The summed E-state index contributed by atoms with van der Waals surface area (Å²) in [6.45, 7) is 4.92. The molecule has 4 rings (SSSR count). The fourth-order valence-corrected chi connectivity index (χ4v) is 3.98. The Morgan fingerprint density at radius 2 is 1.75 bits per heavy atom. The highest BCUT2D eigenvalue weighted by Crippen LogP contribution is 2.27. The molecular formula is C23H29IN4. The van der Waals surface area contributed by atoms with E-state index in [1.807, 2.05) is 7.05 Å². The van der Waals surface area contributed by atoms with Gasteiger partial charge in [0.15, 0.2) is 5.96 Å². The predicted octanol–water partition coefficient (Wildman–Crippen LogP) is 4.25. The van der Waals surface area contributed by atoms with Gasteiger partial charge in [-0.2, -0.15) is 0 Å². The number of halogens is 1. The average Bonchev–Trinajstić information content (AvgIpc) is 3.42. The first-order valence-electron chi connectivity index (χ1n) is 9.83. The Morgan fingerprint density at radius 1 is 1.04 bits per heavy atom. The Bertz CT molecular complexity index is 793. The molecule has 1 N–H and O–H groups in total. The highest BCUT2D eigenvalue weighted by Gasteiger charge is 2.25. The van der Waals surface area contributed by atoms with E-state index in [2.05, 4.69) is 86.9 Å². The molecule has 1 fully saturated rings. The van der Waals surface area contributed by atoms with Crippen LogP contribution in [0.15, 0.2) is 71.7 Å². The van der Waals surface area contributed by atoms with Gasteiger partial charge in [-0.15, -0.1) is 24.0 Å². The zero-order chi connectivity index (χ0) is 18.5. The smallest absolute Gasteiger partial charge is 0.193 e. The Morgan fingerprint density at radius 3 is 2.43 bits per heavy atom. The molecule has 2 aromatic rings. The number of aliphatic imine (C=N–C) groups is 1. The molecule has 0 spiro atoms. The van der Waals surface area contributed by atoms with Gasteiger partial charge in [-0.1, -0.05) is 54.6 Å². The summed E-state index contributed by atoms with van der Waals surface area (Å²) >= 11 is 0. The zero-order valence-electron chi connectivity index (χ0n) is 16.4. The summed E-state index contributed by atoms with van der Waals surface area (Å²) in [5.41, 5.74) is 4.01. The minimum Gasteiger partial charge on any atom is -0.364 e. The van der Waals surface area contributed by atoms with Crippen LogP contribution in [0.5, 0.6) is 0 Å². The molecule has 0 bridgehead atoms. The van der Waals surface area contributed by atoms with Gasteiger partial charge in [-0.25, -0.2) is 0 Å². The highest BCUT2D eigenvalue weighted by molar-refractivity contribution is 14.0. The molecule has 2 heterocycles. The molecule has 0 amide bonds. The lowest BCUT2D eigenvalue weighted by atomic mass is 9.99. The van der Waals surface area contributed by atoms with Gasteiger partial charge in [-0.3, -0.25) is 4.99 Å². The van der Waals surface area contributed by atoms with Crippen LogP contribution < -0.4 is 10.2 Å². The van der Waals surface area contributed by atoms with Crippen molar-refractivity contribution in [1.82, 2.24) is 10.2 Å². The van der Waals surface area contributed by atoms with Crippen molar-refractivity contribution < 1.29 is 0 Å². The predicted molar refractivity (Wildman–Crippen MR) is 129 cm³/mol. The van der Waals surface area contributed by atoms with E-state index < -0.39 is 0 Å². The molecule has 2 aliphatic heterocycles. The highest BCUT2D eigenvalue weighted by atomic mass is 127. The number of guanidine groups is 1. The average molecular weight is 488 g/mol. The maximum atomic E-state index is 4.51. The fraction of sp³-hybridized carbons (Fsp3) is 0.348. The monoisotopic (exact) mass is 488 g/mol. The van der Waals surface area contributed by atoms with Crippen LogP contribution in [-0.2, 0) is 6.54 Å². The molecule has 1 unspecified atom stereocenters. The number of benzene rings is 2. The van der Waals surface area contributed by atoms with Gasteiger partial charge in [0.25, 0.3) is 0 Å². The van der Waals surface area contributed by atoms with Crippen LogP contribution in [0.25, 0.3) is 0 Å². The van der Waals surface area contributed by atoms with Crippen LogP contribution in [0.1, 0.15) is 23.5 Å². The van der Waals surface area contributed by atoms with Crippen molar-refractivity contribution in [2.45, 2.75) is 18.9 Å². The molecule has 28 heavy (non-hydrogen) atoms. The zero-order valence-corrected chi connectivity index (χ0v) is 18.8. The normalized spacial score (nSPS) is 19.0. The lowest BCUT2D eigenvalue weighted by Crippen LogP contribution is -2.39. The van der Waals surface area contributed by atoms with E-state index in [9.17, 15) is 0 Å². The molecule has 0 aromatic heterocycles. The summed E-state index contributed by atoms with van der Waals surface area (Å²) in [7, 11) is 1.88. The fourth-order valence-electron chi connectivity index (χ4n) is 3.98. The van der Waals surface area contributed by atoms with E-state index >= 15 is 0 Å². The lowest BCUT2D eigenvalue weighted by Gasteiger charge is -2.22. The molecular weight excluding hydrogens is 459 g/mol. The van der Waals surface area contributed by atoms with Crippen LogP contribution in [0.3, 0.4) is 0 Å². The number of hydrogen-bond acceptors (Lipinski definition) is 2. The third kappa shape index (κ3) is 4.87. The van der Waals surface area contributed by atoms with Crippen molar-refractivity contribution in [3.63, 3.8) is 0 Å². The van der Waals surface area contributed by atoms with Crippen molar-refractivity contribution in [1.29, 1.82) is 0 Å². The maximum absolute atomic E-state index is 4.51. The lowest BCUT2D eigenvalue weighted by molar-refractivity contribution is 0.486. The van der Waals surface area contributed by atoms with Gasteiger partial charge >= 0.3 is 0 Å². The topological polar surface area (TPSA) is 30.9 Å². The standard InChI is InChI=1S/C23H28N4.HI/c1-24-23(27-16-13-21(18-27)20-7-3-2-4-8-20)25-17-19-9-11-22(12-10-19)26-14-5-6-15-26;/h2-12,21H,13-18H2,1H3,(H,24,25);1H. The number of nitrogens with one attached hydrogen (secondary N) is 1. The number of nitrogens with zero attached hydrogens (tertiary/aromatic N) is 3. The van der Waals surface area contributed by atoms with E-state index in [0.29, 0.717) is 5.92 Å². The van der Waals surface area contributed by atoms with Crippen molar-refractivity contribution >= 4 is 35.6 Å². The Labute approximate surface area is 185 Å². The Balaban J connectivity index is 0.00000225. The second-order valence-electron chi connectivity index (χ2n) is 7.29. The second kappa shape index (κ2) is 9.96. The van der Waals surface area contributed by atoms with Gasteiger partial charge < -0.3 is 15.1 Å². The first-order valence-corrected chi connectivity index (χ1v) is 9.83. The molecule has 5 heteroatoms. The van der Waals surface area contributed by atoms with Gasteiger partial charge in [0.1, 0.15) is 0 Å². The molecule has 0 aliphatic carbocycles. The van der Waals surface area contributed by atoms with Gasteiger partial charge in [0.2, 0.25) is 0 Å². The third-order valence-electron chi connectivity index (χ3n) is 5.54. The summed E-state index contributed by atoms with van der Waals surface area (Å²) in [6, 6.07) is 19.7. The number of rotatable bonds is 4. The molecule has 1 saturated heterocycles. The number of anilines is 1. The van der Waals surface area contributed by atoms with Crippen LogP contribution >= 0.6 is 24.0 Å².